The molecular weight excluding hydrogens is 355 g/mol. The standard InChI is InChI=1S/C23H27FN2O2/c1-23(2,3)18-6-10-20(11-7-18)25-21(27)16-12-14-26(15-13-16)22(28)17-4-8-19(24)9-5-17/h4-11,16H,12-15H2,1-3H3,(H,25,27). The molecule has 1 heterocycles. The average molecular weight is 382 g/mol. The van der Waals surface area contributed by atoms with E-state index in [0.717, 1.165) is 5.69 Å². The highest BCUT2D eigenvalue weighted by Gasteiger charge is 2.28. The lowest BCUT2D eigenvalue weighted by molar-refractivity contribution is -0.121. The van der Waals surface area contributed by atoms with Gasteiger partial charge >= 0.3 is 0 Å². The van der Waals surface area contributed by atoms with Crippen LogP contribution < -0.4 is 5.32 Å². The van der Waals surface area contributed by atoms with Crippen LogP contribution >= 0.6 is 0 Å². The van der Waals surface area contributed by atoms with Crippen molar-refractivity contribution in [3.8, 4) is 0 Å². The molecule has 28 heavy (non-hydrogen) atoms. The largest absolute Gasteiger partial charge is 0.339 e. The smallest absolute Gasteiger partial charge is 0.253 e. The van der Waals surface area contributed by atoms with Crippen molar-refractivity contribution in [2.24, 2.45) is 5.92 Å². The van der Waals surface area contributed by atoms with Crippen molar-refractivity contribution in [3.05, 3.63) is 65.5 Å². The van der Waals surface area contributed by atoms with Gasteiger partial charge in [-0.3, -0.25) is 9.59 Å². The molecule has 1 fully saturated rings. The highest BCUT2D eigenvalue weighted by molar-refractivity contribution is 5.95. The minimum atomic E-state index is -0.359. The molecular formula is C23H27FN2O2. The van der Waals surface area contributed by atoms with Gasteiger partial charge in [0.1, 0.15) is 5.82 Å². The molecule has 0 unspecified atom stereocenters. The summed E-state index contributed by atoms with van der Waals surface area (Å²) in [6.45, 7) is 7.51. The fourth-order valence-electron chi connectivity index (χ4n) is 3.42. The van der Waals surface area contributed by atoms with Gasteiger partial charge in [-0.05, 0) is 60.2 Å². The molecule has 1 aliphatic heterocycles. The Kier molecular flexibility index (Phi) is 5.82. The maximum atomic E-state index is 13.0. The van der Waals surface area contributed by atoms with Crippen molar-refractivity contribution in [3.63, 3.8) is 0 Å². The van der Waals surface area contributed by atoms with Crippen molar-refractivity contribution in [1.82, 2.24) is 4.90 Å². The Bertz CT molecular complexity index is 830. The minimum Gasteiger partial charge on any atom is -0.339 e. The van der Waals surface area contributed by atoms with Crippen molar-refractivity contribution >= 4 is 17.5 Å². The lowest BCUT2D eigenvalue weighted by atomic mass is 9.87. The molecule has 2 amide bonds. The van der Waals surface area contributed by atoms with E-state index in [2.05, 4.69) is 26.1 Å². The number of hydrogen-bond acceptors (Lipinski definition) is 2. The first-order valence-electron chi connectivity index (χ1n) is 9.70. The van der Waals surface area contributed by atoms with Gasteiger partial charge in [-0.15, -0.1) is 0 Å². The van der Waals surface area contributed by atoms with E-state index in [4.69, 9.17) is 0 Å². The van der Waals surface area contributed by atoms with Gasteiger partial charge < -0.3 is 10.2 Å². The number of nitrogens with one attached hydrogen (secondary N) is 1. The molecule has 0 saturated carbocycles. The van der Waals surface area contributed by atoms with Crippen LogP contribution in [-0.2, 0) is 10.2 Å². The molecule has 2 aromatic rings. The molecule has 1 N–H and O–H groups in total. The Morgan fingerprint density at radius 3 is 2.07 bits per heavy atom. The first-order chi connectivity index (χ1) is 13.2. The van der Waals surface area contributed by atoms with Crippen LogP contribution in [0.5, 0.6) is 0 Å². The molecule has 5 heteroatoms. The van der Waals surface area contributed by atoms with Gasteiger partial charge in [0.2, 0.25) is 5.91 Å². The van der Waals surface area contributed by atoms with Gasteiger partial charge in [-0.25, -0.2) is 4.39 Å². The molecule has 0 bridgehead atoms. The summed E-state index contributed by atoms with van der Waals surface area (Å²) < 4.78 is 13.0. The number of carbonyl (C=O) groups excluding carboxylic acids is 2. The zero-order valence-corrected chi connectivity index (χ0v) is 16.7. The van der Waals surface area contributed by atoms with Crippen molar-refractivity contribution in [2.45, 2.75) is 39.0 Å². The first kappa shape index (κ1) is 20.1. The summed E-state index contributed by atoms with van der Waals surface area (Å²) in [5.41, 5.74) is 2.57. The van der Waals surface area contributed by atoms with E-state index in [-0.39, 0.29) is 29.0 Å². The Labute approximate surface area is 165 Å². The van der Waals surface area contributed by atoms with Gasteiger partial charge in [0.05, 0.1) is 0 Å². The molecule has 4 nitrogen and oxygen atoms in total. The minimum absolute atomic E-state index is 0.00242. The van der Waals surface area contributed by atoms with Crippen LogP contribution in [0.3, 0.4) is 0 Å². The summed E-state index contributed by atoms with van der Waals surface area (Å²) in [5.74, 6) is -0.587. The van der Waals surface area contributed by atoms with Crippen LogP contribution in [0.15, 0.2) is 48.5 Å². The lowest BCUT2D eigenvalue weighted by Crippen LogP contribution is -2.41. The van der Waals surface area contributed by atoms with E-state index in [1.807, 2.05) is 24.3 Å². The van der Waals surface area contributed by atoms with E-state index in [1.165, 1.54) is 29.8 Å². The number of amides is 2. The number of likely N-dealkylation sites (tertiary alicyclic amines) is 1. The van der Waals surface area contributed by atoms with E-state index >= 15 is 0 Å². The molecule has 0 aromatic heterocycles. The third-order valence-electron chi connectivity index (χ3n) is 5.26. The quantitative estimate of drug-likeness (QED) is 0.842. The maximum Gasteiger partial charge on any atom is 0.253 e. The summed E-state index contributed by atoms with van der Waals surface area (Å²) in [7, 11) is 0. The summed E-state index contributed by atoms with van der Waals surface area (Å²) in [4.78, 5) is 26.8. The molecule has 148 valence electrons. The van der Waals surface area contributed by atoms with Crippen LogP contribution in [0.2, 0.25) is 0 Å². The van der Waals surface area contributed by atoms with Crippen LogP contribution in [0.4, 0.5) is 10.1 Å². The molecule has 0 aliphatic carbocycles. The maximum absolute atomic E-state index is 13.0. The summed E-state index contributed by atoms with van der Waals surface area (Å²) in [6, 6.07) is 13.5. The zero-order valence-electron chi connectivity index (χ0n) is 16.7. The topological polar surface area (TPSA) is 49.4 Å². The number of halogens is 1. The number of rotatable bonds is 3. The monoisotopic (exact) mass is 382 g/mol. The molecule has 0 atom stereocenters. The Balaban J connectivity index is 1.53. The van der Waals surface area contributed by atoms with Crippen LogP contribution in [-0.4, -0.2) is 29.8 Å². The second-order valence-corrected chi connectivity index (χ2v) is 8.39. The number of nitrogens with zero attached hydrogens (tertiary/aromatic N) is 1. The average Bonchev–Trinajstić information content (AvgIpc) is 2.68. The number of anilines is 1. The van der Waals surface area contributed by atoms with Crippen molar-refractivity contribution < 1.29 is 14.0 Å². The second kappa shape index (κ2) is 8.13. The molecule has 3 rings (SSSR count). The zero-order chi connectivity index (χ0) is 20.3. The molecule has 0 spiro atoms. The summed E-state index contributed by atoms with van der Waals surface area (Å²) in [6.07, 6.45) is 1.25. The lowest BCUT2D eigenvalue weighted by Gasteiger charge is -2.31. The van der Waals surface area contributed by atoms with Gasteiger partial charge in [0.25, 0.3) is 5.91 Å². The number of benzene rings is 2. The van der Waals surface area contributed by atoms with E-state index in [0.29, 0.717) is 31.5 Å². The van der Waals surface area contributed by atoms with Crippen molar-refractivity contribution in [2.75, 3.05) is 18.4 Å². The van der Waals surface area contributed by atoms with Gasteiger partial charge in [0, 0.05) is 30.3 Å². The Morgan fingerprint density at radius 1 is 0.964 bits per heavy atom. The number of carbonyl (C=O) groups is 2. The summed E-state index contributed by atoms with van der Waals surface area (Å²) in [5, 5.41) is 2.99. The third-order valence-corrected chi connectivity index (χ3v) is 5.26. The SMILES string of the molecule is CC(C)(C)c1ccc(NC(=O)C2CCN(C(=O)c3ccc(F)cc3)CC2)cc1. The van der Waals surface area contributed by atoms with Gasteiger partial charge in [-0.2, -0.15) is 0 Å². The van der Waals surface area contributed by atoms with E-state index < -0.39 is 0 Å². The fourth-order valence-corrected chi connectivity index (χ4v) is 3.42. The normalized spacial score (nSPS) is 15.4. The molecule has 0 radical (unpaired) electrons. The fraction of sp³-hybridized carbons (Fsp3) is 0.391. The highest BCUT2D eigenvalue weighted by atomic mass is 19.1. The third kappa shape index (κ3) is 4.77. The van der Waals surface area contributed by atoms with E-state index in [9.17, 15) is 14.0 Å². The predicted octanol–water partition coefficient (Wildman–Crippen LogP) is 4.61. The van der Waals surface area contributed by atoms with Crippen LogP contribution in [0.1, 0.15) is 49.5 Å². The highest BCUT2D eigenvalue weighted by Crippen LogP contribution is 2.25. The predicted molar refractivity (Wildman–Crippen MR) is 109 cm³/mol. The molecule has 2 aromatic carbocycles. The second-order valence-electron chi connectivity index (χ2n) is 8.39. The van der Waals surface area contributed by atoms with Crippen LogP contribution in [0.25, 0.3) is 0 Å². The van der Waals surface area contributed by atoms with Crippen molar-refractivity contribution in [1.29, 1.82) is 0 Å². The molecule has 1 aliphatic rings. The number of piperidine rings is 1. The van der Waals surface area contributed by atoms with Crippen LogP contribution in [0, 0.1) is 11.7 Å². The number of hydrogen-bond donors (Lipinski definition) is 1. The Hall–Kier alpha value is -2.69. The van der Waals surface area contributed by atoms with E-state index in [1.54, 1.807) is 4.90 Å². The van der Waals surface area contributed by atoms with Gasteiger partial charge in [-0.1, -0.05) is 32.9 Å². The first-order valence-corrected chi connectivity index (χ1v) is 9.70. The van der Waals surface area contributed by atoms with Gasteiger partial charge in [0.15, 0.2) is 0 Å². The summed E-state index contributed by atoms with van der Waals surface area (Å²) >= 11 is 0. The Morgan fingerprint density at radius 2 is 1.54 bits per heavy atom. The molecule has 1 saturated heterocycles.